The summed E-state index contributed by atoms with van der Waals surface area (Å²) in [6, 6.07) is 3.68. The van der Waals surface area contributed by atoms with Crippen molar-refractivity contribution in [3.05, 3.63) is 32.8 Å². The van der Waals surface area contributed by atoms with Gasteiger partial charge in [-0.15, -0.1) is 0 Å². The van der Waals surface area contributed by atoms with Crippen LogP contribution in [0.15, 0.2) is 16.9 Å². The number of hydrogen-bond acceptors (Lipinski definition) is 3. The summed E-state index contributed by atoms with van der Waals surface area (Å²) in [6.45, 7) is 1.89. The molecule has 1 aromatic heterocycles. The molecule has 1 heterocycles. The Bertz CT molecular complexity index is 670. The quantitative estimate of drug-likeness (QED) is 0.769. The Kier molecular flexibility index (Phi) is 2.55. The van der Waals surface area contributed by atoms with Crippen LogP contribution in [0.25, 0.3) is 10.9 Å². The molecule has 0 bridgehead atoms. The third kappa shape index (κ3) is 1.44. The number of rotatable bonds is 1. The van der Waals surface area contributed by atoms with Crippen molar-refractivity contribution < 1.29 is 4.74 Å². The summed E-state index contributed by atoms with van der Waals surface area (Å²) in [5.74, 6) is 0.629. The van der Waals surface area contributed by atoms with Gasteiger partial charge in [0, 0.05) is 7.05 Å². The van der Waals surface area contributed by atoms with E-state index in [0.29, 0.717) is 21.4 Å². The van der Waals surface area contributed by atoms with Crippen LogP contribution in [0, 0.1) is 11.7 Å². The van der Waals surface area contributed by atoms with Crippen molar-refractivity contribution in [1.82, 2.24) is 9.55 Å². The molecule has 16 heavy (non-hydrogen) atoms. The molecular weight excluding hydrogens is 224 g/mol. The van der Waals surface area contributed by atoms with Gasteiger partial charge in [-0.05, 0) is 30.8 Å². The Balaban J connectivity index is 3.11. The Morgan fingerprint density at radius 2 is 2.12 bits per heavy atom. The third-order valence-electron chi connectivity index (χ3n) is 2.65. The van der Waals surface area contributed by atoms with Crippen LogP contribution < -0.4 is 10.3 Å². The van der Waals surface area contributed by atoms with Crippen LogP contribution in [-0.2, 0) is 7.05 Å². The Morgan fingerprint density at radius 1 is 1.44 bits per heavy atom. The number of ether oxygens (including phenoxy) is 1. The van der Waals surface area contributed by atoms with Gasteiger partial charge in [-0.3, -0.25) is 9.36 Å². The molecular formula is C11H12N2O2S. The molecule has 0 aliphatic rings. The second kappa shape index (κ2) is 3.75. The fourth-order valence-corrected chi connectivity index (χ4v) is 1.89. The topological polar surface area (TPSA) is 47.0 Å². The molecule has 1 N–H and O–H groups in total. The fraction of sp³-hybridized carbons (Fsp3) is 0.273. The molecule has 2 rings (SSSR count). The number of aryl methyl sites for hydroxylation is 1. The number of aromatic nitrogens is 2. The van der Waals surface area contributed by atoms with Gasteiger partial charge in [-0.2, -0.15) is 0 Å². The number of H-pyrrole nitrogens is 1. The SMILES string of the molecule is COc1ccc(C)c2c(=O)n(C)c(=S)[nH]c12. The average Bonchev–Trinajstić information content (AvgIpc) is 2.26. The lowest BCUT2D eigenvalue weighted by atomic mass is 10.1. The monoisotopic (exact) mass is 236 g/mol. The van der Waals surface area contributed by atoms with Gasteiger partial charge in [-0.1, -0.05) is 6.07 Å². The predicted molar refractivity (Wildman–Crippen MR) is 65.7 cm³/mol. The summed E-state index contributed by atoms with van der Waals surface area (Å²) < 4.78 is 7.02. The summed E-state index contributed by atoms with van der Waals surface area (Å²) >= 11 is 5.07. The van der Waals surface area contributed by atoms with E-state index in [1.165, 1.54) is 4.57 Å². The van der Waals surface area contributed by atoms with E-state index in [1.54, 1.807) is 14.2 Å². The third-order valence-corrected chi connectivity index (χ3v) is 3.03. The standard InChI is InChI=1S/C11H12N2O2S/c1-6-4-5-7(15-3)9-8(6)10(14)13(2)11(16)12-9/h4-5H,1-3H3,(H,12,16). The van der Waals surface area contributed by atoms with Crippen LogP contribution >= 0.6 is 12.2 Å². The molecule has 0 amide bonds. The second-order valence-electron chi connectivity index (χ2n) is 3.63. The van der Waals surface area contributed by atoms with Crippen LogP contribution in [0.4, 0.5) is 0 Å². The van der Waals surface area contributed by atoms with E-state index in [-0.39, 0.29) is 5.56 Å². The van der Waals surface area contributed by atoms with Crippen LogP contribution in [0.1, 0.15) is 5.56 Å². The van der Waals surface area contributed by atoms with Gasteiger partial charge >= 0.3 is 0 Å². The molecule has 0 saturated heterocycles. The highest BCUT2D eigenvalue weighted by molar-refractivity contribution is 7.71. The maximum absolute atomic E-state index is 12.1. The van der Waals surface area contributed by atoms with Gasteiger partial charge in [0.25, 0.3) is 5.56 Å². The predicted octanol–water partition coefficient (Wildman–Crippen LogP) is 1.91. The van der Waals surface area contributed by atoms with E-state index in [1.807, 2.05) is 19.1 Å². The van der Waals surface area contributed by atoms with Crippen molar-refractivity contribution in [2.75, 3.05) is 7.11 Å². The highest BCUT2D eigenvalue weighted by Gasteiger charge is 2.09. The Labute approximate surface area is 97.5 Å². The molecule has 2 aromatic rings. The van der Waals surface area contributed by atoms with E-state index in [0.717, 1.165) is 5.56 Å². The van der Waals surface area contributed by atoms with E-state index in [9.17, 15) is 4.79 Å². The molecule has 0 aliphatic carbocycles. The van der Waals surface area contributed by atoms with Gasteiger partial charge < -0.3 is 9.72 Å². The highest BCUT2D eigenvalue weighted by atomic mass is 32.1. The first-order chi connectivity index (χ1) is 7.56. The first-order valence-electron chi connectivity index (χ1n) is 4.83. The minimum absolute atomic E-state index is 0.102. The first-order valence-corrected chi connectivity index (χ1v) is 5.23. The molecule has 0 spiro atoms. The van der Waals surface area contributed by atoms with Crippen molar-refractivity contribution in [1.29, 1.82) is 0 Å². The number of hydrogen-bond donors (Lipinski definition) is 1. The summed E-state index contributed by atoms with van der Waals surface area (Å²) in [5.41, 5.74) is 1.47. The lowest BCUT2D eigenvalue weighted by molar-refractivity contribution is 0.418. The van der Waals surface area contributed by atoms with Gasteiger partial charge in [-0.25, -0.2) is 0 Å². The maximum Gasteiger partial charge on any atom is 0.262 e. The Morgan fingerprint density at radius 3 is 2.75 bits per heavy atom. The lowest BCUT2D eigenvalue weighted by Gasteiger charge is -2.08. The van der Waals surface area contributed by atoms with Crippen molar-refractivity contribution in [3.63, 3.8) is 0 Å². The number of fused-ring (bicyclic) bond motifs is 1. The fourth-order valence-electron chi connectivity index (χ4n) is 1.71. The summed E-state index contributed by atoms with van der Waals surface area (Å²) in [7, 11) is 3.22. The van der Waals surface area contributed by atoms with Gasteiger partial charge in [0.15, 0.2) is 4.77 Å². The van der Waals surface area contributed by atoms with Crippen molar-refractivity contribution in [3.8, 4) is 5.75 Å². The van der Waals surface area contributed by atoms with E-state index >= 15 is 0 Å². The number of nitrogens with zero attached hydrogens (tertiary/aromatic N) is 1. The average molecular weight is 236 g/mol. The molecule has 1 aromatic carbocycles. The number of nitrogens with one attached hydrogen (secondary N) is 1. The first kappa shape index (κ1) is 10.9. The molecule has 0 unspecified atom stereocenters. The zero-order valence-corrected chi connectivity index (χ0v) is 10.1. The van der Waals surface area contributed by atoms with E-state index < -0.39 is 0 Å². The molecule has 0 aliphatic heterocycles. The molecule has 0 fully saturated rings. The van der Waals surface area contributed by atoms with Crippen molar-refractivity contribution >= 4 is 23.1 Å². The molecule has 84 valence electrons. The zero-order chi connectivity index (χ0) is 11.9. The molecule has 5 heteroatoms. The minimum atomic E-state index is -0.102. The number of methoxy groups -OCH3 is 1. The van der Waals surface area contributed by atoms with Gasteiger partial charge in [0.2, 0.25) is 0 Å². The van der Waals surface area contributed by atoms with Crippen molar-refractivity contribution in [2.45, 2.75) is 6.92 Å². The van der Waals surface area contributed by atoms with Crippen LogP contribution in [0.3, 0.4) is 0 Å². The maximum atomic E-state index is 12.1. The van der Waals surface area contributed by atoms with Crippen LogP contribution in [0.2, 0.25) is 0 Å². The minimum Gasteiger partial charge on any atom is -0.495 e. The van der Waals surface area contributed by atoms with Crippen LogP contribution in [0.5, 0.6) is 5.75 Å². The summed E-state index contributed by atoms with van der Waals surface area (Å²) in [6.07, 6.45) is 0. The molecule has 0 atom stereocenters. The number of aromatic amines is 1. The largest absolute Gasteiger partial charge is 0.495 e. The summed E-state index contributed by atoms with van der Waals surface area (Å²) in [4.78, 5) is 15.1. The molecule has 0 radical (unpaired) electrons. The zero-order valence-electron chi connectivity index (χ0n) is 9.33. The second-order valence-corrected chi connectivity index (χ2v) is 4.02. The van der Waals surface area contributed by atoms with E-state index in [4.69, 9.17) is 17.0 Å². The van der Waals surface area contributed by atoms with Crippen molar-refractivity contribution in [2.24, 2.45) is 7.05 Å². The van der Waals surface area contributed by atoms with Crippen LogP contribution in [-0.4, -0.2) is 16.7 Å². The van der Waals surface area contributed by atoms with E-state index in [2.05, 4.69) is 4.98 Å². The normalized spacial score (nSPS) is 10.7. The highest BCUT2D eigenvalue weighted by Crippen LogP contribution is 2.23. The molecule has 0 saturated carbocycles. The van der Waals surface area contributed by atoms with Gasteiger partial charge in [0.05, 0.1) is 18.0 Å². The van der Waals surface area contributed by atoms with Gasteiger partial charge in [0.1, 0.15) is 5.75 Å². The number of benzene rings is 1. The Hall–Kier alpha value is -1.62. The molecule has 4 nitrogen and oxygen atoms in total. The smallest absolute Gasteiger partial charge is 0.262 e. The lowest BCUT2D eigenvalue weighted by Crippen LogP contribution is -2.19. The summed E-state index contributed by atoms with van der Waals surface area (Å²) in [5, 5.41) is 0.621.